The van der Waals surface area contributed by atoms with Crippen LogP contribution in [0.15, 0.2) is 6.07 Å². The first kappa shape index (κ1) is 8.25. The summed E-state index contributed by atoms with van der Waals surface area (Å²) in [5.74, 6) is -1.14. The van der Waals surface area contributed by atoms with E-state index in [0.29, 0.717) is 0 Å². The molecule has 0 amide bonds. The van der Waals surface area contributed by atoms with E-state index in [4.69, 9.17) is 15.6 Å². The van der Waals surface area contributed by atoms with Gasteiger partial charge in [0.1, 0.15) is 0 Å². The van der Waals surface area contributed by atoms with Crippen LogP contribution < -0.4 is 10.5 Å². The zero-order valence-electron chi connectivity index (χ0n) is 6.31. The molecule has 0 spiro atoms. The second kappa shape index (κ2) is 3.04. The number of aromatic carboxylic acids is 1. The van der Waals surface area contributed by atoms with E-state index in [-0.39, 0.29) is 17.5 Å². The van der Waals surface area contributed by atoms with E-state index >= 15 is 0 Å². The molecule has 0 fully saturated rings. The van der Waals surface area contributed by atoms with Gasteiger partial charge in [-0.25, -0.2) is 9.78 Å². The van der Waals surface area contributed by atoms with Crippen molar-refractivity contribution >= 4 is 11.9 Å². The minimum Gasteiger partial charge on any atom is -0.481 e. The number of methoxy groups -OCH3 is 1. The largest absolute Gasteiger partial charge is 0.481 e. The van der Waals surface area contributed by atoms with Gasteiger partial charge < -0.3 is 15.6 Å². The van der Waals surface area contributed by atoms with Crippen LogP contribution in [0.4, 0.5) is 5.95 Å². The maximum atomic E-state index is 10.4. The fraction of sp³-hybridized carbons (Fsp3) is 0.167. The molecular weight excluding hydrogens is 162 g/mol. The number of hydrogen-bond donors (Lipinski definition) is 2. The van der Waals surface area contributed by atoms with E-state index in [1.807, 2.05) is 0 Å². The molecule has 12 heavy (non-hydrogen) atoms. The number of ether oxygens (including phenoxy) is 1. The van der Waals surface area contributed by atoms with E-state index < -0.39 is 5.97 Å². The lowest BCUT2D eigenvalue weighted by Gasteiger charge is -2.00. The highest BCUT2D eigenvalue weighted by atomic mass is 16.5. The SMILES string of the molecule is COc1cc(C(=O)O)nc(N)n1. The van der Waals surface area contributed by atoms with Crippen LogP contribution >= 0.6 is 0 Å². The molecule has 0 aromatic carbocycles. The van der Waals surface area contributed by atoms with Crippen LogP contribution in [-0.4, -0.2) is 28.2 Å². The van der Waals surface area contributed by atoms with Crippen LogP contribution in [0.3, 0.4) is 0 Å². The maximum absolute atomic E-state index is 10.4. The van der Waals surface area contributed by atoms with Gasteiger partial charge in [-0.3, -0.25) is 0 Å². The quantitative estimate of drug-likeness (QED) is 0.634. The average Bonchev–Trinajstić information content (AvgIpc) is 2.03. The van der Waals surface area contributed by atoms with E-state index in [9.17, 15) is 4.79 Å². The topological polar surface area (TPSA) is 98.3 Å². The molecule has 64 valence electrons. The molecule has 0 aliphatic carbocycles. The first-order valence-electron chi connectivity index (χ1n) is 3.05. The fourth-order valence-electron chi connectivity index (χ4n) is 0.657. The van der Waals surface area contributed by atoms with Crippen LogP contribution in [-0.2, 0) is 0 Å². The predicted molar refractivity (Wildman–Crippen MR) is 40.0 cm³/mol. The zero-order valence-corrected chi connectivity index (χ0v) is 6.31. The van der Waals surface area contributed by atoms with Gasteiger partial charge in [-0.05, 0) is 0 Å². The minimum absolute atomic E-state index is 0.119. The summed E-state index contributed by atoms with van der Waals surface area (Å²) in [6.45, 7) is 0. The van der Waals surface area contributed by atoms with Crippen LogP contribution in [0.25, 0.3) is 0 Å². The van der Waals surface area contributed by atoms with Crippen molar-refractivity contribution in [2.45, 2.75) is 0 Å². The lowest BCUT2D eigenvalue weighted by Crippen LogP contribution is -2.06. The van der Waals surface area contributed by atoms with Crippen LogP contribution in [0.2, 0.25) is 0 Å². The Hall–Kier alpha value is -1.85. The van der Waals surface area contributed by atoms with E-state index in [1.54, 1.807) is 0 Å². The number of carbonyl (C=O) groups is 1. The number of hydrogen-bond acceptors (Lipinski definition) is 5. The third kappa shape index (κ3) is 1.60. The summed E-state index contributed by atoms with van der Waals surface area (Å²) >= 11 is 0. The number of anilines is 1. The Bertz CT molecular complexity index is 313. The van der Waals surface area contributed by atoms with Gasteiger partial charge in [-0.1, -0.05) is 0 Å². The molecule has 1 aromatic rings. The van der Waals surface area contributed by atoms with Gasteiger partial charge in [0.25, 0.3) is 0 Å². The maximum Gasteiger partial charge on any atom is 0.354 e. The molecule has 0 unspecified atom stereocenters. The Morgan fingerprint density at radius 2 is 2.33 bits per heavy atom. The van der Waals surface area contributed by atoms with Crippen molar-refractivity contribution in [2.75, 3.05) is 12.8 Å². The third-order valence-electron chi connectivity index (χ3n) is 1.15. The minimum atomic E-state index is -1.16. The normalized spacial score (nSPS) is 9.42. The van der Waals surface area contributed by atoms with Crippen LogP contribution in [0.5, 0.6) is 5.88 Å². The van der Waals surface area contributed by atoms with Crippen molar-refractivity contribution in [3.63, 3.8) is 0 Å². The highest BCUT2D eigenvalue weighted by Gasteiger charge is 2.08. The number of carboxylic acid groups (broad SMARTS) is 1. The predicted octanol–water partition coefficient (Wildman–Crippen LogP) is -0.234. The average molecular weight is 169 g/mol. The molecule has 0 aliphatic rings. The Morgan fingerprint density at radius 1 is 1.67 bits per heavy atom. The molecule has 0 bridgehead atoms. The Morgan fingerprint density at radius 3 is 2.83 bits per heavy atom. The molecule has 0 saturated carbocycles. The van der Waals surface area contributed by atoms with Gasteiger partial charge in [0, 0.05) is 6.07 Å². The Labute approximate surface area is 68.0 Å². The summed E-state index contributed by atoms with van der Waals surface area (Å²) in [5.41, 5.74) is 5.03. The summed E-state index contributed by atoms with van der Waals surface area (Å²) in [4.78, 5) is 17.5. The van der Waals surface area contributed by atoms with Crippen molar-refractivity contribution in [2.24, 2.45) is 0 Å². The van der Waals surface area contributed by atoms with Crippen molar-refractivity contribution in [3.05, 3.63) is 11.8 Å². The highest BCUT2D eigenvalue weighted by Crippen LogP contribution is 2.09. The number of nitrogens with zero attached hydrogens (tertiary/aromatic N) is 2. The zero-order chi connectivity index (χ0) is 9.14. The molecule has 0 radical (unpaired) electrons. The Kier molecular flexibility index (Phi) is 2.09. The number of carboxylic acids is 1. The second-order valence-corrected chi connectivity index (χ2v) is 1.96. The van der Waals surface area contributed by atoms with E-state index in [0.717, 1.165) is 0 Å². The molecule has 0 atom stereocenters. The molecule has 6 nitrogen and oxygen atoms in total. The molecule has 1 heterocycles. The molecule has 3 N–H and O–H groups in total. The van der Waals surface area contributed by atoms with Gasteiger partial charge in [0.15, 0.2) is 5.69 Å². The lowest BCUT2D eigenvalue weighted by atomic mass is 10.4. The van der Waals surface area contributed by atoms with Crippen molar-refractivity contribution < 1.29 is 14.6 Å². The summed E-state index contributed by atoms with van der Waals surface area (Å²) in [7, 11) is 1.37. The molecular formula is C6H7N3O3. The molecule has 1 rings (SSSR count). The van der Waals surface area contributed by atoms with E-state index in [1.165, 1.54) is 13.2 Å². The monoisotopic (exact) mass is 169 g/mol. The second-order valence-electron chi connectivity index (χ2n) is 1.96. The summed E-state index contributed by atoms with van der Waals surface area (Å²) < 4.78 is 4.69. The molecule has 6 heteroatoms. The highest BCUT2D eigenvalue weighted by molar-refractivity contribution is 5.85. The van der Waals surface area contributed by atoms with Gasteiger partial charge in [-0.2, -0.15) is 4.98 Å². The number of nitrogens with two attached hydrogens (primary N) is 1. The van der Waals surface area contributed by atoms with Crippen molar-refractivity contribution in [1.82, 2.24) is 9.97 Å². The number of aromatic nitrogens is 2. The number of rotatable bonds is 2. The standard InChI is InChI=1S/C6H7N3O3/c1-12-4-2-3(5(10)11)8-6(7)9-4/h2H,1H3,(H,10,11)(H2,7,8,9). The number of nitrogen functional groups attached to an aromatic ring is 1. The third-order valence-corrected chi connectivity index (χ3v) is 1.15. The van der Waals surface area contributed by atoms with Crippen molar-refractivity contribution in [1.29, 1.82) is 0 Å². The van der Waals surface area contributed by atoms with Crippen LogP contribution in [0.1, 0.15) is 10.5 Å². The summed E-state index contributed by atoms with van der Waals surface area (Å²) in [6, 6.07) is 1.19. The molecule has 0 saturated heterocycles. The van der Waals surface area contributed by atoms with E-state index in [2.05, 4.69) is 9.97 Å². The summed E-state index contributed by atoms with van der Waals surface area (Å²) in [6.07, 6.45) is 0. The van der Waals surface area contributed by atoms with Gasteiger partial charge in [0.2, 0.25) is 11.8 Å². The molecule has 0 aliphatic heterocycles. The van der Waals surface area contributed by atoms with Gasteiger partial charge in [0.05, 0.1) is 7.11 Å². The van der Waals surface area contributed by atoms with Gasteiger partial charge >= 0.3 is 5.97 Å². The first-order valence-corrected chi connectivity index (χ1v) is 3.05. The van der Waals surface area contributed by atoms with Crippen molar-refractivity contribution in [3.8, 4) is 5.88 Å². The fourth-order valence-corrected chi connectivity index (χ4v) is 0.657. The van der Waals surface area contributed by atoms with Gasteiger partial charge in [-0.15, -0.1) is 0 Å². The van der Waals surface area contributed by atoms with Crippen LogP contribution in [0, 0.1) is 0 Å². The first-order chi connectivity index (χ1) is 5.63. The smallest absolute Gasteiger partial charge is 0.354 e. The lowest BCUT2D eigenvalue weighted by molar-refractivity contribution is 0.0690. The summed E-state index contributed by atoms with van der Waals surface area (Å²) in [5, 5.41) is 8.53. The molecule has 1 aromatic heterocycles. The Balaban J connectivity index is 3.15.